The highest BCUT2D eigenvalue weighted by Crippen LogP contribution is 2.45. The Morgan fingerprint density at radius 1 is 1.06 bits per heavy atom. The van der Waals surface area contributed by atoms with Gasteiger partial charge in [-0.1, -0.05) is 46.7 Å². The molecule has 0 radical (unpaired) electrons. The van der Waals surface area contributed by atoms with E-state index in [-0.39, 0.29) is 33.0 Å². The highest BCUT2D eigenvalue weighted by Gasteiger charge is 2.49. The molecular weight excluding hydrogens is 523 g/mol. The van der Waals surface area contributed by atoms with Crippen LogP contribution in [0.4, 0.5) is 5.13 Å². The van der Waals surface area contributed by atoms with Crippen molar-refractivity contribution in [3.8, 4) is 0 Å². The average molecular weight is 541 g/mol. The van der Waals surface area contributed by atoms with Gasteiger partial charge < -0.3 is 5.11 Å². The number of fused-ring (bicyclic) bond motifs is 1. The Kier molecular flexibility index (Phi) is 5.94. The Labute approximate surface area is 219 Å². The number of nitrogens with zero attached hydrogens (tertiary/aromatic N) is 4. The van der Waals surface area contributed by atoms with Gasteiger partial charge in [-0.3, -0.25) is 23.7 Å². The number of ketones is 2. The van der Waals surface area contributed by atoms with Gasteiger partial charge in [0.05, 0.1) is 37.9 Å². The van der Waals surface area contributed by atoms with Gasteiger partial charge in [0, 0.05) is 13.1 Å². The molecule has 4 heterocycles. The van der Waals surface area contributed by atoms with E-state index in [4.69, 9.17) is 23.2 Å². The molecule has 1 aliphatic rings. The molecule has 8 nitrogen and oxygen atoms in total. The zero-order valence-corrected chi connectivity index (χ0v) is 21.6. The smallest absolute Gasteiger partial charge is 0.301 e. The molecule has 0 saturated carbocycles. The molecule has 1 saturated heterocycles. The molecule has 3 aromatic heterocycles. The Hall–Kier alpha value is -3.53. The summed E-state index contributed by atoms with van der Waals surface area (Å²) in [6.45, 7) is 4.77. The lowest BCUT2D eigenvalue weighted by Gasteiger charge is -2.23. The van der Waals surface area contributed by atoms with E-state index in [0.717, 1.165) is 11.3 Å². The largest absolute Gasteiger partial charge is 0.505 e. The normalized spacial score (nSPS) is 17.4. The van der Waals surface area contributed by atoms with Crippen LogP contribution in [-0.2, 0) is 9.59 Å². The van der Waals surface area contributed by atoms with E-state index in [1.165, 1.54) is 17.9 Å². The first-order chi connectivity index (χ1) is 17.1. The summed E-state index contributed by atoms with van der Waals surface area (Å²) in [4.78, 5) is 49.3. The molecule has 1 amide bonds. The van der Waals surface area contributed by atoms with E-state index in [0.29, 0.717) is 32.5 Å². The molecular formula is C25H18Cl2N4O4S. The number of aliphatic hydroxyl groups excluding tert-OH is 1. The van der Waals surface area contributed by atoms with Crippen LogP contribution >= 0.6 is 34.5 Å². The summed E-state index contributed by atoms with van der Waals surface area (Å²) in [5, 5.41) is 12.2. The second-order valence-electron chi connectivity index (χ2n) is 8.28. The van der Waals surface area contributed by atoms with Crippen LogP contribution < -0.4 is 4.90 Å². The minimum Gasteiger partial charge on any atom is -0.505 e. The third kappa shape index (κ3) is 3.71. The van der Waals surface area contributed by atoms with Gasteiger partial charge >= 0.3 is 5.91 Å². The van der Waals surface area contributed by atoms with Gasteiger partial charge in [0.1, 0.15) is 11.3 Å². The van der Waals surface area contributed by atoms with Crippen LogP contribution in [0.2, 0.25) is 10.0 Å². The lowest BCUT2D eigenvalue weighted by Crippen LogP contribution is -2.29. The topological polar surface area (TPSA) is 105 Å². The van der Waals surface area contributed by atoms with E-state index < -0.39 is 17.7 Å². The van der Waals surface area contributed by atoms with E-state index in [1.54, 1.807) is 54.8 Å². The molecule has 5 rings (SSSR count). The van der Waals surface area contributed by atoms with Gasteiger partial charge in [0.15, 0.2) is 16.7 Å². The molecule has 0 spiro atoms. The quantitative estimate of drug-likeness (QED) is 0.157. The van der Waals surface area contributed by atoms with Crippen molar-refractivity contribution in [2.45, 2.75) is 26.8 Å². The maximum Gasteiger partial charge on any atom is 0.301 e. The minimum absolute atomic E-state index is 0.149. The van der Waals surface area contributed by atoms with E-state index >= 15 is 0 Å². The zero-order chi connectivity index (χ0) is 25.9. The molecule has 1 aliphatic heterocycles. The maximum atomic E-state index is 13.4. The van der Waals surface area contributed by atoms with Gasteiger partial charge in [-0.05, 0) is 43.7 Å². The molecule has 11 heteroatoms. The summed E-state index contributed by atoms with van der Waals surface area (Å²) in [6, 6.07) is 8.97. The molecule has 1 unspecified atom stereocenters. The number of benzene rings is 1. The number of hydrogen-bond donors (Lipinski definition) is 1. The summed E-state index contributed by atoms with van der Waals surface area (Å²) in [7, 11) is 0. The Bertz CT molecular complexity index is 1640. The van der Waals surface area contributed by atoms with Crippen molar-refractivity contribution >= 4 is 68.6 Å². The molecule has 1 aromatic carbocycles. The number of halogens is 2. The lowest BCUT2D eigenvalue weighted by atomic mass is 9.96. The predicted octanol–water partition coefficient (Wildman–Crippen LogP) is 5.54. The fraction of sp³-hybridized carbons (Fsp3) is 0.160. The number of amides is 1. The molecule has 0 bridgehead atoms. The Morgan fingerprint density at radius 3 is 2.47 bits per heavy atom. The van der Waals surface area contributed by atoms with E-state index in [2.05, 4.69) is 9.97 Å². The molecule has 4 aromatic rings. The molecule has 182 valence electrons. The number of carbonyl (C=O) groups is 3. The average Bonchev–Trinajstić information content (AvgIpc) is 3.46. The van der Waals surface area contributed by atoms with Crippen molar-refractivity contribution in [3.63, 3.8) is 0 Å². The molecule has 1 fully saturated rings. The minimum atomic E-state index is -1.07. The van der Waals surface area contributed by atoms with Crippen LogP contribution in [-0.4, -0.2) is 36.9 Å². The highest BCUT2D eigenvalue weighted by atomic mass is 35.5. The number of thiazole rings is 1. The van der Waals surface area contributed by atoms with Gasteiger partial charge in [0.2, 0.25) is 0 Å². The molecule has 1 N–H and O–H groups in total. The standard InChI is InChI=1S/C25H18Cl2N4O4S/c1-11-19(30-9-5-4-6-17(30)28-11)21(33)18-20(14-7-8-15(26)16(27)10-14)31(24(35)22(18)34)25-29-12(2)23(36-25)13(3)32/h4-10,20,33H,1-3H3. The Balaban J connectivity index is 1.80. The third-order valence-electron chi connectivity index (χ3n) is 5.94. The zero-order valence-electron chi connectivity index (χ0n) is 19.2. The van der Waals surface area contributed by atoms with Crippen LogP contribution in [0.15, 0.2) is 48.2 Å². The van der Waals surface area contributed by atoms with Crippen molar-refractivity contribution in [1.29, 1.82) is 0 Å². The van der Waals surface area contributed by atoms with Crippen LogP contribution in [0.5, 0.6) is 0 Å². The summed E-state index contributed by atoms with van der Waals surface area (Å²) in [6.07, 6.45) is 1.71. The number of Topliss-reactive ketones (excluding diaryl/α,β-unsaturated/α-hetero) is 2. The number of carbonyl (C=O) groups excluding carboxylic acids is 3. The van der Waals surface area contributed by atoms with Crippen molar-refractivity contribution in [3.05, 3.63) is 85.7 Å². The second-order valence-corrected chi connectivity index (χ2v) is 10.1. The fourth-order valence-electron chi connectivity index (χ4n) is 4.37. The number of pyridine rings is 1. The van der Waals surface area contributed by atoms with Crippen LogP contribution in [0.25, 0.3) is 11.4 Å². The number of imidazole rings is 1. The van der Waals surface area contributed by atoms with Crippen molar-refractivity contribution in [1.82, 2.24) is 14.4 Å². The number of rotatable bonds is 4. The first-order valence-electron chi connectivity index (χ1n) is 10.8. The van der Waals surface area contributed by atoms with Gasteiger partial charge in [-0.2, -0.15) is 0 Å². The summed E-state index contributed by atoms with van der Waals surface area (Å²) >= 11 is 13.4. The first-order valence-corrected chi connectivity index (χ1v) is 12.4. The van der Waals surface area contributed by atoms with Crippen molar-refractivity contribution in [2.75, 3.05) is 4.90 Å². The molecule has 36 heavy (non-hydrogen) atoms. The van der Waals surface area contributed by atoms with Crippen molar-refractivity contribution in [2.24, 2.45) is 0 Å². The highest BCUT2D eigenvalue weighted by molar-refractivity contribution is 7.18. The van der Waals surface area contributed by atoms with Crippen LogP contribution in [0.1, 0.15) is 45.3 Å². The number of anilines is 1. The van der Waals surface area contributed by atoms with Gasteiger partial charge in [0.25, 0.3) is 5.78 Å². The number of aromatic nitrogens is 3. The molecule has 1 atom stereocenters. The third-order valence-corrected chi connectivity index (χ3v) is 7.94. The van der Waals surface area contributed by atoms with E-state index in [9.17, 15) is 19.5 Å². The fourth-order valence-corrected chi connectivity index (χ4v) is 5.66. The van der Waals surface area contributed by atoms with Crippen molar-refractivity contribution < 1.29 is 19.5 Å². The number of aliphatic hydroxyl groups is 1. The number of aryl methyl sites for hydroxylation is 2. The summed E-state index contributed by atoms with van der Waals surface area (Å²) in [5.74, 6) is -2.38. The van der Waals surface area contributed by atoms with Crippen LogP contribution in [0, 0.1) is 13.8 Å². The maximum absolute atomic E-state index is 13.4. The van der Waals surface area contributed by atoms with Gasteiger partial charge in [-0.25, -0.2) is 9.97 Å². The van der Waals surface area contributed by atoms with Crippen LogP contribution in [0.3, 0.4) is 0 Å². The van der Waals surface area contributed by atoms with E-state index in [1.807, 2.05) is 0 Å². The first kappa shape index (κ1) is 24.2. The van der Waals surface area contributed by atoms with Gasteiger partial charge in [-0.15, -0.1) is 0 Å². The summed E-state index contributed by atoms with van der Waals surface area (Å²) in [5.41, 5.74) is 2.06. The monoisotopic (exact) mass is 540 g/mol. The SMILES string of the molecule is CC(=O)c1sc(N2C(=O)C(=O)C(=C(O)c3c(C)nc4ccccn34)C2c2ccc(Cl)c(Cl)c2)nc1C. The lowest BCUT2D eigenvalue weighted by molar-refractivity contribution is -0.132. The Morgan fingerprint density at radius 2 is 1.81 bits per heavy atom. The summed E-state index contributed by atoms with van der Waals surface area (Å²) < 4.78 is 1.64. The molecule has 0 aliphatic carbocycles. The number of hydrogen-bond acceptors (Lipinski definition) is 7. The predicted molar refractivity (Wildman–Crippen MR) is 138 cm³/mol. The second kappa shape index (κ2) is 8.85.